The Morgan fingerprint density at radius 3 is 2.23 bits per heavy atom. The smallest absolute Gasteiger partial charge is 0.335 e. The number of aromatic carboxylic acids is 1. The fraction of sp³-hybridized carbons (Fsp3) is 0.400. The van der Waals surface area contributed by atoms with Crippen molar-refractivity contribution < 1.29 is 9.90 Å². The van der Waals surface area contributed by atoms with E-state index in [1.165, 1.54) is 50.2 Å². The molecular weight excluding hydrogens is 456 g/mol. The van der Waals surface area contributed by atoms with Crippen molar-refractivity contribution in [2.75, 3.05) is 0 Å². The molecule has 4 aliphatic rings. The minimum absolute atomic E-state index is 0.214. The Hall–Kier alpha value is -2.85. The van der Waals surface area contributed by atoms with Crippen LogP contribution in [0.4, 0.5) is 5.69 Å². The Morgan fingerprint density at radius 1 is 1.00 bits per heavy atom. The van der Waals surface area contributed by atoms with E-state index in [-0.39, 0.29) is 5.56 Å². The Labute approximate surface area is 211 Å². The predicted octanol–water partition coefficient (Wildman–Crippen LogP) is 7.66. The molecule has 0 aliphatic heterocycles. The summed E-state index contributed by atoms with van der Waals surface area (Å²) in [5.74, 6) is 1.86. The molecule has 2 aromatic carbocycles. The largest absolute Gasteiger partial charge is 0.478 e. The third-order valence-electron chi connectivity index (χ3n) is 8.77. The zero-order chi connectivity index (χ0) is 24.3. The minimum atomic E-state index is -0.968. The van der Waals surface area contributed by atoms with Crippen LogP contribution in [-0.2, 0) is 5.41 Å². The standard InChI is InChI=1S/C30H31ClN2O2/c1-18-9-24(19(2)33(18)28-13-23(29(34)35)3-8-27(28)31)17-32-26-6-4-25(5-7-26)30-14-20-10-21(15-30)12-22(11-20)16-30/h3-9,13,17,20-22H,10-12,14-16H2,1-2H3,(H,34,35). The fourth-order valence-electron chi connectivity index (χ4n) is 7.62. The van der Waals surface area contributed by atoms with Crippen LogP contribution in [0.2, 0.25) is 5.02 Å². The lowest BCUT2D eigenvalue weighted by Crippen LogP contribution is -2.48. The van der Waals surface area contributed by atoms with E-state index < -0.39 is 5.97 Å². The molecular formula is C30H31ClN2O2. The second kappa shape index (κ2) is 8.37. The maximum atomic E-state index is 11.5. The van der Waals surface area contributed by atoms with Gasteiger partial charge in [-0.3, -0.25) is 4.99 Å². The third-order valence-corrected chi connectivity index (χ3v) is 9.09. The summed E-state index contributed by atoms with van der Waals surface area (Å²) < 4.78 is 1.99. The van der Waals surface area contributed by atoms with Crippen molar-refractivity contribution >= 4 is 29.5 Å². The molecule has 4 aliphatic carbocycles. The number of rotatable bonds is 5. The lowest BCUT2D eigenvalue weighted by atomic mass is 9.48. The molecule has 1 N–H and O–H groups in total. The van der Waals surface area contributed by atoms with Crippen molar-refractivity contribution in [3.8, 4) is 5.69 Å². The van der Waals surface area contributed by atoms with Gasteiger partial charge in [-0.05, 0) is 118 Å². The number of nitrogens with zero attached hydrogens (tertiary/aromatic N) is 2. The van der Waals surface area contributed by atoms with E-state index in [1.807, 2.05) is 24.6 Å². The Balaban J connectivity index is 1.25. The summed E-state index contributed by atoms with van der Waals surface area (Å²) in [6, 6.07) is 15.8. The number of halogens is 1. The molecule has 0 unspecified atom stereocenters. The van der Waals surface area contributed by atoms with Crippen LogP contribution in [0, 0.1) is 31.6 Å². The highest BCUT2D eigenvalue weighted by atomic mass is 35.5. The summed E-state index contributed by atoms with van der Waals surface area (Å²) in [6.07, 6.45) is 10.4. The van der Waals surface area contributed by atoms with E-state index in [2.05, 4.69) is 30.3 Å². The molecule has 4 fully saturated rings. The topological polar surface area (TPSA) is 54.6 Å². The lowest BCUT2D eigenvalue weighted by molar-refractivity contribution is -0.00518. The number of carbonyl (C=O) groups is 1. The van der Waals surface area contributed by atoms with Gasteiger partial charge in [-0.2, -0.15) is 0 Å². The molecule has 0 amide bonds. The van der Waals surface area contributed by atoms with Crippen molar-refractivity contribution in [2.24, 2.45) is 22.7 Å². The average molecular weight is 487 g/mol. The van der Waals surface area contributed by atoms with Gasteiger partial charge in [0.15, 0.2) is 0 Å². The number of carboxylic acid groups (broad SMARTS) is 1. The first-order valence-corrected chi connectivity index (χ1v) is 13.1. The predicted molar refractivity (Wildman–Crippen MR) is 141 cm³/mol. The van der Waals surface area contributed by atoms with E-state index >= 15 is 0 Å². The van der Waals surface area contributed by atoms with E-state index in [9.17, 15) is 9.90 Å². The summed E-state index contributed by atoms with van der Waals surface area (Å²) >= 11 is 6.44. The Morgan fingerprint density at radius 2 is 1.63 bits per heavy atom. The highest BCUT2D eigenvalue weighted by molar-refractivity contribution is 6.32. The number of aromatic nitrogens is 1. The number of benzene rings is 2. The van der Waals surface area contributed by atoms with Crippen LogP contribution in [0.5, 0.6) is 0 Å². The number of aryl methyl sites for hydroxylation is 1. The SMILES string of the molecule is Cc1cc(C=Nc2ccc(C34CC5CC(CC(C5)C3)C4)cc2)c(C)n1-c1cc(C(=O)O)ccc1Cl. The zero-order valence-corrected chi connectivity index (χ0v) is 21.1. The molecule has 0 spiro atoms. The Kier molecular flexibility index (Phi) is 5.41. The maximum Gasteiger partial charge on any atom is 0.335 e. The molecule has 180 valence electrons. The summed E-state index contributed by atoms with van der Waals surface area (Å²) in [4.78, 5) is 16.2. The first-order valence-electron chi connectivity index (χ1n) is 12.7. The lowest BCUT2D eigenvalue weighted by Gasteiger charge is -2.57. The van der Waals surface area contributed by atoms with Gasteiger partial charge in [-0.15, -0.1) is 0 Å². The van der Waals surface area contributed by atoms with Gasteiger partial charge >= 0.3 is 5.97 Å². The number of hydrogen-bond acceptors (Lipinski definition) is 2. The van der Waals surface area contributed by atoms with E-state index in [0.29, 0.717) is 16.1 Å². The second-order valence-electron chi connectivity index (χ2n) is 11.1. The van der Waals surface area contributed by atoms with Crippen molar-refractivity contribution in [3.05, 3.63) is 81.6 Å². The van der Waals surface area contributed by atoms with Crippen LogP contribution in [0.1, 0.15) is 71.4 Å². The first kappa shape index (κ1) is 22.6. The molecule has 7 rings (SSSR count). The van der Waals surface area contributed by atoms with Crippen LogP contribution < -0.4 is 0 Å². The fourth-order valence-corrected chi connectivity index (χ4v) is 7.82. The molecule has 3 aromatic rings. The summed E-state index contributed by atoms with van der Waals surface area (Å²) in [5.41, 5.74) is 6.70. The van der Waals surface area contributed by atoms with Crippen LogP contribution in [0.25, 0.3) is 5.69 Å². The van der Waals surface area contributed by atoms with Gasteiger partial charge in [0, 0.05) is 23.2 Å². The molecule has 4 bridgehead atoms. The highest BCUT2D eigenvalue weighted by Gasteiger charge is 2.51. The molecule has 0 saturated heterocycles. The normalized spacial score (nSPS) is 27.1. The monoisotopic (exact) mass is 486 g/mol. The number of aliphatic imine (C=N–C) groups is 1. The van der Waals surface area contributed by atoms with E-state index in [4.69, 9.17) is 16.6 Å². The quantitative estimate of drug-likeness (QED) is 0.376. The average Bonchev–Trinajstić information content (AvgIpc) is 3.10. The summed E-state index contributed by atoms with van der Waals surface area (Å²) in [6.45, 7) is 4.00. The third kappa shape index (κ3) is 3.92. The van der Waals surface area contributed by atoms with Crippen molar-refractivity contribution in [1.29, 1.82) is 0 Å². The van der Waals surface area contributed by atoms with Gasteiger partial charge in [0.1, 0.15) is 0 Å². The molecule has 0 radical (unpaired) electrons. The van der Waals surface area contributed by atoms with Crippen LogP contribution in [0.15, 0.2) is 53.5 Å². The first-order chi connectivity index (χ1) is 16.8. The molecule has 5 heteroatoms. The minimum Gasteiger partial charge on any atom is -0.478 e. The Bertz CT molecular complexity index is 1300. The molecule has 1 aromatic heterocycles. The van der Waals surface area contributed by atoms with Crippen LogP contribution in [0.3, 0.4) is 0 Å². The number of hydrogen-bond donors (Lipinski definition) is 1. The van der Waals surface area contributed by atoms with Gasteiger partial charge in [0.25, 0.3) is 0 Å². The second-order valence-corrected chi connectivity index (χ2v) is 11.5. The van der Waals surface area contributed by atoms with Gasteiger partial charge in [-0.1, -0.05) is 23.7 Å². The zero-order valence-electron chi connectivity index (χ0n) is 20.3. The van der Waals surface area contributed by atoms with Crippen molar-refractivity contribution in [3.63, 3.8) is 0 Å². The van der Waals surface area contributed by atoms with E-state index in [1.54, 1.807) is 12.1 Å². The summed E-state index contributed by atoms with van der Waals surface area (Å²) in [7, 11) is 0. The highest BCUT2D eigenvalue weighted by Crippen LogP contribution is 2.60. The van der Waals surface area contributed by atoms with Gasteiger partial charge in [-0.25, -0.2) is 4.79 Å². The van der Waals surface area contributed by atoms with E-state index in [0.717, 1.165) is 40.4 Å². The maximum absolute atomic E-state index is 11.5. The summed E-state index contributed by atoms with van der Waals surface area (Å²) in [5, 5.41) is 9.91. The van der Waals surface area contributed by atoms with Crippen molar-refractivity contribution in [2.45, 2.75) is 57.8 Å². The van der Waals surface area contributed by atoms with Gasteiger partial charge in [0.2, 0.25) is 0 Å². The molecule has 35 heavy (non-hydrogen) atoms. The van der Waals surface area contributed by atoms with Gasteiger partial charge in [0.05, 0.1) is 22.0 Å². The van der Waals surface area contributed by atoms with Gasteiger partial charge < -0.3 is 9.67 Å². The van der Waals surface area contributed by atoms with Crippen molar-refractivity contribution in [1.82, 2.24) is 4.57 Å². The molecule has 4 nitrogen and oxygen atoms in total. The van der Waals surface area contributed by atoms with Crippen LogP contribution >= 0.6 is 11.6 Å². The number of carboxylic acids is 1. The van der Waals surface area contributed by atoms with Crippen LogP contribution in [-0.4, -0.2) is 21.9 Å². The molecule has 4 saturated carbocycles. The molecule has 0 atom stereocenters. The molecule has 1 heterocycles.